The van der Waals surface area contributed by atoms with Gasteiger partial charge < -0.3 is 5.11 Å². The van der Waals surface area contributed by atoms with E-state index in [0.29, 0.717) is 0 Å². The second-order valence-electron chi connectivity index (χ2n) is 5.53. The Morgan fingerprint density at radius 3 is 1.71 bits per heavy atom. The average molecular weight is 312 g/mol. The van der Waals surface area contributed by atoms with Crippen LogP contribution in [0.4, 0.5) is 0 Å². The molecule has 0 aliphatic carbocycles. The van der Waals surface area contributed by atoms with Crippen LogP contribution in [0.2, 0.25) is 0 Å². The Labute approximate surface area is 140 Å². The third kappa shape index (κ3) is 2.46. The molecule has 0 saturated carbocycles. The summed E-state index contributed by atoms with van der Waals surface area (Å²) in [7, 11) is 0. The molecule has 116 valence electrons. The first kappa shape index (κ1) is 14.3. The normalized spacial score (nSPS) is 10.7. The number of hydrogen-bond donors (Lipinski definition) is 1. The lowest BCUT2D eigenvalue weighted by molar-refractivity contribution is 0.435. The van der Waals surface area contributed by atoms with Crippen molar-refractivity contribution >= 4 is 0 Å². The summed E-state index contributed by atoms with van der Waals surface area (Å²) in [6, 6.07) is 29.4. The molecule has 0 saturated heterocycles. The lowest BCUT2D eigenvalue weighted by Gasteiger charge is -2.04. The highest BCUT2D eigenvalue weighted by atomic mass is 16.3. The van der Waals surface area contributed by atoms with Gasteiger partial charge in [-0.25, -0.2) is 4.68 Å². The predicted octanol–water partition coefficient (Wildman–Crippen LogP) is 4.91. The smallest absolute Gasteiger partial charge is 0.222 e. The van der Waals surface area contributed by atoms with E-state index in [9.17, 15) is 5.11 Å². The van der Waals surface area contributed by atoms with Gasteiger partial charge in [-0.05, 0) is 17.7 Å². The van der Waals surface area contributed by atoms with Crippen molar-refractivity contribution < 1.29 is 5.11 Å². The Bertz CT molecular complexity index is 945. The van der Waals surface area contributed by atoms with Gasteiger partial charge in [0.15, 0.2) is 0 Å². The molecule has 4 aromatic rings. The largest absolute Gasteiger partial charge is 0.493 e. The van der Waals surface area contributed by atoms with Gasteiger partial charge in [-0.1, -0.05) is 78.9 Å². The van der Waals surface area contributed by atoms with Crippen LogP contribution < -0.4 is 0 Å². The molecule has 4 rings (SSSR count). The van der Waals surface area contributed by atoms with E-state index in [-0.39, 0.29) is 5.88 Å². The van der Waals surface area contributed by atoms with Crippen molar-refractivity contribution in [3.63, 3.8) is 0 Å². The van der Waals surface area contributed by atoms with Crippen LogP contribution in [0, 0.1) is 0 Å². The quantitative estimate of drug-likeness (QED) is 0.583. The molecule has 0 fully saturated rings. The van der Waals surface area contributed by atoms with E-state index in [2.05, 4.69) is 0 Å². The van der Waals surface area contributed by atoms with E-state index in [1.807, 2.05) is 91.0 Å². The molecule has 1 heterocycles. The van der Waals surface area contributed by atoms with Crippen LogP contribution in [-0.2, 0) is 0 Å². The summed E-state index contributed by atoms with van der Waals surface area (Å²) in [4.78, 5) is 0. The molecule has 3 aromatic carbocycles. The van der Waals surface area contributed by atoms with Gasteiger partial charge >= 0.3 is 0 Å². The summed E-state index contributed by atoms with van der Waals surface area (Å²) in [6.07, 6.45) is 0. The molecule has 0 bridgehead atoms. The van der Waals surface area contributed by atoms with Gasteiger partial charge in [0.1, 0.15) is 5.69 Å². The topological polar surface area (TPSA) is 38.1 Å². The lowest BCUT2D eigenvalue weighted by Crippen LogP contribution is -1.95. The van der Waals surface area contributed by atoms with Crippen LogP contribution in [-0.4, -0.2) is 14.9 Å². The molecule has 0 spiro atoms. The Morgan fingerprint density at radius 2 is 1.12 bits per heavy atom. The van der Waals surface area contributed by atoms with Gasteiger partial charge in [0.25, 0.3) is 0 Å². The van der Waals surface area contributed by atoms with Crippen LogP contribution in [0.15, 0.2) is 91.0 Å². The summed E-state index contributed by atoms with van der Waals surface area (Å²) < 4.78 is 1.59. The van der Waals surface area contributed by atoms with Crippen molar-refractivity contribution in [2.24, 2.45) is 0 Å². The lowest BCUT2D eigenvalue weighted by atomic mass is 10.0. The number of benzene rings is 3. The summed E-state index contributed by atoms with van der Waals surface area (Å²) >= 11 is 0. The maximum atomic E-state index is 10.9. The zero-order valence-corrected chi connectivity index (χ0v) is 13.0. The first-order valence-electron chi connectivity index (χ1n) is 7.83. The number of rotatable bonds is 3. The third-order valence-corrected chi connectivity index (χ3v) is 3.97. The monoisotopic (exact) mass is 312 g/mol. The molecule has 0 radical (unpaired) electrons. The third-order valence-electron chi connectivity index (χ3n) is 3.97. The highest BCUT2D eigenvalue weighted by Crippen LogP contribution is 2.39. The predicted molar refractivity (Wildman–Crippen MR) is 96.1 cm³/mol. The zero-order valence-electron chi connectivity index (χ0n) is 13.0. The van der Waals surface area contributed by atoms with Gasteiger partial charge in [-0.3, -0.25) is 0 Å². The second-order valence-corrected chi connectivity index (χ2v) is 5.53. The van der Waals surface area contributed by atoms with E-state index in [1.165, 1.54) is 0 Å². The van der Waals surface area contributed by atoms with Crippen molar-refractivity contribution in [1.82, 2.24) is 9.78 Å². The maximum absolute atomic E-state index is 10.9. The highest BCUT2D eigenvalue weighted by Gasteiger charge is 2.20. The van der Waals surface area contributed by atoms with Crippen molar-refractivity contribution in [3.05, 3.63) is 91.0 Å². The van der Waals surface area contributed by atoms with E-state index >= 15 is 0 Å². The molecular formula is C21H16N2O. The van der Waals surface area contributed by atoms with Gasteiger partial charge in [0.05, 0.1) is 11.3 Å². The van der Waals surface area contributed by atoms with E-state index < -0.39 is 0 Å². The Kier molecular flexibility index (Phi) is 3.60. The fraction of sp³-hybridized carbons (Fsp3) is 0. The minimum absolute atomic E-state index is 0.145. The summed E-state index contributed by atoms with van der Waals surface area (Å²) in [6.45, 7) is 0. The molecule has 24 heavy (non-hydrogen) atoms. The van der Waals surface area contributed by atoms with Gasteiger partial charge in [0.2, 0.25) is 5.88 Å². The van der Waals surface area contributed by atoms with Gasteiger partial charge in [0, 0.05) is 5.56 Å². The van der Waals surface area contributed by atoms with Crippen molar-refractivity contribution in [2.45, 2.75) is 0 Å². The van der Waals surface area contributed by atoms with E-state index in [1.54, 1.807) is 4.68 Å². The van der Waals surface area contributed by atoms with Crippen LogP contribution in [0.3, 0.4) is 0 Å². The van der Waals surface area contributed by atoms with Crippen molar-refractivity contribution in [1.29, 1.82) is 0 Å². The first-order chi connectivity index (χ1) is 11.8. The van der Waals surface area contributed by atoms with E-state index in [4.69, 9.17) is 5.10 Å². The van der Waals surface area contributed by atoms with Crippen LogP contribution in [0.5, 0.6) is 5.88 Å². The summed E-state index contributed by atoms with van der Waals surface area (Å²) in [5, 5.41) is 15.6. The minimum Gasteiger partial charge on any atom is -0.493 e. The number of aromatic hydroxyl groups is 1. The molecule has 0 amide bonds. The number of hydrogen-bond acceptors (Lipinski definition) is 2. The van der Waals surface area contributed by atoms with Crippen LogP contribution in [0.1, 0.15) is 0 Å². The second kappa shape index (κ2) is 6.05. The number of para-hydroxylation sites is 1. The first-order valence-corrected chi connectivity index (χ1v) is 7.83. The minimum atomic E-state index is 0.145. The van der Waals surface area contributed by atoms with E-state index in [0.717, 1.165) is 28.1 Å². The fourth-order valence-electron chi connectivity index (χ4n) is 2.83. The SMILES string of the molecule is Oc1c(-c2ccccc2)c(-c2ccccc2)nn1-c1ccccc1. The molecule has 1 N–H and O–H groups in total. The molecule has 0 aliphatic rings. The van der Waals surface area contributed by atoms with Gasteiger partial charge in [-0.15, -0.1) is 0 Å². The summed E-state index contributed by atoms with van der Waals surface area (Å²) in [5.41, 5.74) is 4.25. The van der Waals surface area contributed by atoms with Gasteiger partial charge in [-0.2, -0.15) is 5.10 Å². The van der Waals surface area contributed by atoms with Crippen molar-refractivity contribution in [2.75, 3.05) is 0 Å². The molecule has 1 aromatic heterocycles. The maximum Gasteiger partial charge on any atom is 0.222 e. The molecular weight excluding hydrogens is 296 g/mol. The van der Waals surface area contributed by atoms with Crippen molar-refractivity contribution in [3.8, 4) is 34.0 Å². The molecule has 0 atom stereocenters. The number of aromatic nitrogens is 2. The molecule has 3 nitrogen and oxygen atoms in total. The average Bonchev–Trinajstić information content (AvgIpc) is 3.01. The molecule has 3 heteroatoms. The molecule has 0 unspecified atom stereocenters. The zero-order chi connectivity index (χ0) is 16.4. The number of nitrogens with zero attached hydrogens (tertiary/aromatic N) is 2. The Hall–Kier alpha value is -3.33. The summed E-state index contributed by atoms with van der Waals surface area (Å²) in [5.74, 6) is 0.145. The highest BCUT2D eigenvalue weighted by molar-refractivity contribution is 5.85. The van der Waals surface area contributed by atoms with Crippen LogP contribution in [0.25, 0.3) is 28.1 Å². The molecule has 0 aliphatic heterocycles. The van der Waals surface area contributed by atoms with Crippen LogP contribution >= 0.6 is 0 Å². The Balaban J connectivity index is 1.99. The Morgan fingerprint density at radius 1 is 0.625 bits per heavy atom. The fourth-order valence-corrected chi connectivity index (χ4v) is 2.83. The standard InChI is InChI=1S/C21H16N2O/c24-21-19(16-10-4-1-5-11-16)20(17-12-6-2-7-13-17)22-23(21)18-14-8-3-9-15-18/h1-15,24H.